The van der Waals surface area contributed by atoms with Gasteiger partial charge < -0.3 is 0 Å². The maximum Gasteiger partial charge on any atom is 0.243 e. The second kappa shape index (κ2) is 5.02. The number of hydrogen-bond donors (Lipinski definition) is 0. The first-order valence-electron chi connectivity index (χ1n) is 6.54. The van der Waals surface area contributed by atoms with Crippen LogP contribution in [0.4, 0.5) is 0 Å². The lowest BCUT2D eigenvalue weighted by Gasteiger charge is -2.21. The lowest BCUT2D eigenvalue weighted by atomic mass is 10.0. The number of benzene rings is 1. The van der Waals surface area contributed by atoms with Crippen molar-refractivity contribution in [2.45, 2.75) is 50.5 Å². The summed E-state index contributed by atoms with van der Waals surface area (Å²) in [5.41, 5.74) is 1.17. The minimum absolute atomic E-state index is 0.125. The quantitative estimate of drug-likeness (QED) is 0.844. The molecule has 1 fully saturated rings. The molecule has 1 atom stereocenters. The van der Waals surface area contributed by atoms with Crippen molar-refractivity contribution in [1.82, 2.24) is 4.31 Å². The van der Waals surface area contributed by atoms with Crippen LogP contribution in [0, 0.1) is 0 Å². The van der Waals surface area contributed by atoms with Crippen LogP contribution in [0.15, 0.2) is 29.2 Å². The molecule has 100 valence electrons. The van der Waals surface area contributed by atoms with Gasteiger partial charge in [-0.1, -0.05) is 26.0 Å². The monoisotopic (exact) mass is 267 g/mol. The third-order valence-corrected chi connectivity index (χ3v) is 5.67. The molecule has 1 aliphatic heterocycles. The van der Waals surface area contributed by atoms with Crippen molar-refractivity contribution >= 4 is 10.0 Å². The fraction of sp³-hybridized carbons (Fsp3) is 0.571. The van der Waals surface area contributed by atoms with Crippen LogP contribution in [0.2, 0.25) is 0 Å². The highest BCUT2D eigenvalue weighted by Gasteiger charge is 2.32. The maximum atomic E-state index is 12.5. The van der Waals surface area contributed by atoms with Crippen LogP contribution in [-0.2, 0) is 10.0 Å². The fourth-order valence-corrected chi connectivity index (χ4v) is 4.12. The Kier molecular flexibility index (Phi) is 3.78. The summed E-state index contributed by atoms with van der Waals surface area (Å²) in [6, 6.07) is 7.42. The molecule has 0 unspecified atom stereocenters. The molecule has 18 heavy (non-hydrogen) atoms. The van der Waals surface area contributed by atoms with Crippen LogP contribution in [0.5, 0.6) is 0 Å². The SMILES string of the molecule is CC(C)c1ccc(S(=O)(=O)N2CCC[C@H]2C)cc1. The molecule has 1 heterocycles. The Balaban J connectivity index is 2.30. The lowest BCUT2D eigenvalue weighted by molar-refractivity contribution is 0.408. The molecule has 0 amide bonds. The summed E-state index contributed by atoms with van der Waals surface area (Å²) in [7, 11) is -3.30. The van der Waals surface area contributed by atoms with E-state index in [2.05, 4.69) is 13.8 Å². The maximum absolute atomic E-state index is 12.5. The molecular formula is C14H21NO2S. The molecular weight excluding hydrogens is 246 g/mol. The highest BCUT2D eigenvalue weighted by Crippen LogP contribution is 2.26. The van der Waals surface area contributed by atoms with Crippen molar-refractivity contribution in [2.24, 2.45) is 0 Å². The Morgan fingerprint density at radius 3 is 2.28 bits per heavy atom. The average Bonchev–Trinajstić information content (AvgIpc) is 2.76. The van der Waals surface area contributed by atoms with Crippen molar-refractivity contribution in [3.63, 3.8) is 0 Å². The van der Waals surface area contributed by atoms with E-state index in [9.17, 15) is 8.42 Å². The summed E-state index contributed by atoms with van der Waals surface area (Å²) in [5.74, 6) is 0.424. The minimum atomic E-state index is -3.30. The normalized spacial score (nSPS) is 21.7. The fourth-order valence-electron chi connectivity index (χ4n) is 2.42. The van der Waals surface area contributed by atoms with Crippen molar-refractivity contribution in [3.05, 3.63) is 29.8 Å². The van der Waals surface area contributed by atoms with Gasteiger partial charge in [0.1, 0.15) is 0 Å². The van der Waals surface area contributed by atoms with Gasteiger partial charge in [-0.25, -0.2) is 8.42 Å². The van der Waals surface area contributed by atoms with Crippen LogP contribution in [0.25, 0.3) is 0 Å². The molecule has 0 N–H and O–H groups in total. The molecule has 0 bridgehead atoms. The molecule has 4 heteroatoms. The van der Waals surface area contributed by atoms with E-state index < -0.39 is 10.0 Å². The van der Waals surface area contributed by atoms with Gasteiger partial charge >= 0.3 is 0 Å². The first-order valence-corrected chi connectivity index (χ1v) is 7.98. The Bertz CT molecular complexity index is 505. The van der Waals surface area contributed by atoms with Gasteiger partial charge in [0.25, 0.3) is 0 Å². The van der Waals surface area contributed by atoms with Gasteiger partial charge in [0.05, 0.1) is 4.90 Å². The van der Waals surface area contributed by atoms with Gasteiger partial charge in [-0.05, 0) is 43.4 Å². The van der Waals surface area contributed by atoms with Crippen molar-refractivity contribution in [3.8, 4) is 0 Å². The van der Waals surface area contributed by atoms with E-state index in [-0.39, 0.29) is 6.04 Å². The molecule has 1 aliphatic rings. The molecule has 1 aromatic rings. The zero-order valence-corrected chi connectivity index (χ0v) is 12.1. The van der Waals surface area contributed by atoms with Gasteiger partial charge in [0, 0.05) is 12.6 Å². The second-order valence-corrected chi connectivity index (χ2v) is 7.22. The molecule has 0 saturated carbocycles. The predicted octanol–water partition coefficient (Wildman–Crippen LogP) is 2.98. The van der Waals surface area contributed by atoms with Crippen LogP contribution in [0.1, 0.15) is 45.1 Å². The van der Waals surface area contributed by atoms with E-state index in [1.807, 2.05) is 19.1 Å². The largest absolute Gasteiger partial charge is 0.243 e. The Hall–Kier alpha value is -0.870. The van der Waals surface area contributed by atoms with Crippen LogP contribution in [-0.4, -0.2) is 25.3 Å². The molecule has 3 nitrogen and oxygen atoms in total. The molecule has 0 aliphatic carbocycles. The number of rotatable bonds is 3. The van der Waals surface area contributed by atoms with Crippen LogP contribution in [0.3, 0.4) is 0 Å². The van der Waals surface area contributed by atoms with E-state index in [0.717, 1.165) is 12.8 Å². The van der Waals surface area contributed by atoms with Gasteiger partial charge in [-0.15, -0.1) is 0 Å². The highest BCUT2D eigenvalue weighted by molar-refractivity contribution is 7.89. The standard InChI is InChI=1S/C14H21NO2S/c1-11(2)13-6-8-14(9-7-13)18(16,17)15-10-4-5-12(15)3/h6-9,11-12H,4-5,10H2,1-3H3/t12-/m1/s1. The Labute approximate surface area is 110 Å². The molecule has 0 radical (unpaired) electrons. The summed E-state index contributed by atoms with van der Waals surface area (Å²) >= 11 is 0. The van der Waals surface area contributed by atoms with E-state index >= 15 is 0 Å². The summed E-state index contributed by atoms with van der Waals surface area (Å²) in [4.78, 5) is 0.417. The van der Waals surface area contributed by atoms with Crippen molar-refractivity contribution in [1.29, 1.82) is 0 Å². The van der Waals surface area contributed by atoms with Gasteiger partial charge in [0.2, 0.25) is 10.0 Å². The highest BCUT2D eigenvalue weighted by atomic mass is 32.2. The van der Waals surface area contributed by atoms with E-state index in [0.29, 0.717) is 17.4 Å². The van der Waals surface area contributed by atoms with Gasteiger partial charge in [0.15, 0.2) is 0 Å². The number of nitrogens with zero attached hydrogens (tertiary/aromatic N) is 1. The zero-order valence-electron chi connectivity index (χ0n) is 11.3. The lowest BCUT2D eigenvalue weighted by Crippen LogP contribution is -2.33. The molecule has 0 spiro atoms. The predicted molar refractivity (Wildman–Crippen MR) is 73.1 cm³/mol. The van der Waals surface area contributed by atoms with Crippen LogP contribution < -0.4 is 0 Å². The zero-order chi connectivity index (χ0) is 13.3. The average molecular weight is 267 g/mol. The van der Waals surface area contributed by atoms with E-state index in [1.165, 1.54) is 5.56 Å². The summed E-state index contributed by atoms with van der Waals surface area (Å²) in [6.45, 7) is 6.83. The summed E-state index contributed by atoms with van der Waals surface area (Å²) in [5, 5.41) is 0. The molecule has 2 rings (SSSR count). The minimum Gasteiger partial charge on any atom is -0.207 e. The third-order valence-electron chi connectivity index (χ3n) is 3.65. The van der Waals surface area contributed by atoms with Crippen LogP contribution >= 0.6 is 0 Å². The molecule has 1 aromatic carbocycles. The molecule has 0 aromatic heterocycles. The Morgan fingerprint density at radius 2 is 1.83 bits per heavy atom. The number of hydrogen-bond acceptors (Lipinski definition) is 2. The molecule has 1 saturated heterocycles. The van der Waals surface area contributed by atoms with Crippen molar-refractivity contribution in [2.75, 3.05) is 6.54 Å². The van der Waals surface area contributed by atoms with Crippen molar-refractivity contribution < 1.29 is 8.42 Å². The third kappa shape index (κ3) is 2.45. The first kappa shape index (κ1) is 13.6. The summed E-state index contributed by atoms with van der Waals surface area (Å²) < 4.78 is 26.5. The van der Waals surface area contributed by atoms with Gasteiger partial charge in [-0.3, -0.25) is 0 Å². The van der Waals surface area contributed by atoms with Gasteiger partial charge in [-0.2, -0.15) is 4.31 Å². The summed E-state index contributed by atoms with van der Waals surface area (Å²) in [6.07, 6.45) is 1.92. The first-order chi connectivity index (χ1) is 8.43. The topological polar surface area (TPSA) is 37.4 Å². The Morgan fingerprint density at radius 1 is 1.22 bits per heavy atom. The smallest absolute Gasteiger partial charge is 0.207 e. The van der Waals surface area contributed by atoms with E-state index in [1.54, 1.807) is 16.4 Å². The van der Waals surface area contributed by atoms with E-state index in [4.69, 9.17) is 0 Å². The number of sulfonamides is 1. The second-order valence-electron chi connectivity index (χ2n) is 5.33.